The molecular weight excluding hydrogens is 288 g/mol. The van der Waals surface area contributed by atoms with E-state index in [1.54, 1.807) is 42.6 Å². The highest BCUT2D eigenvalue weighted by molar-refractivity contribution is 8.00. The highest BCUT2D eigenvalue weighted by Gasteiger charge is 2.13. The SMILES string of the molecule is COC(=O)CSc1ccccc1C(=O)Nc1ccccn1. The summed E-state index contributed by atoms with van der Waals surface area (Å²) in [5, 5.41) is 2.72. The van der Waals surface area contributed by atoms with Crippen molar-refractivity contribution < 1.29 is 14.3 Å². The van der Waals surface area contributed by atoms with E-state index in [-0.39, 0.29) is 17.6 Å². The molecule has 0 fully saturated rings. The molecule has 0 unspecified atom stereocenters. The minimum absolute atomic E-state index is 0.157. The van der Waals surface area contributed by atoms with E-state index in [1.807, 2.05) is 6.07 Å². The van der Waals surface area contributed by atoms with Crippen molar-refractivity contribution in [2.24, 2.45) is 0 Å². The van der Waals surface area contributed by atoms with Crippen LogP contribution in [0.25, 0.3) is 0 Å². The number of anilines is 1. The molecule has 1 aromatic carbocycles. The van der Waals surface area contributed by atoms with Crippen LogP contribution in [0.15, 0.2) is 53.6 Å². The molecule has 0 radical (unpaired) electrons. The monoisotopic (exact) mass is 302 g/mol. The third-order valence-electron chi connectivity index (χ3n) is 2.61. The molecule has 1 N–H and O–H groups in total. The number of nitrogens with zero attached hydrogens (tertiary/aromatic N) is 1. The molecule has 0 saturated heterocycles. The van der Waals surface area contributed by atoms with Gasteiger partial charge in [0, 0.05) is 11.1 Å². The number of carbonyl (C=O) groups excluding carboxylic acids is 2. The van der Waals surface area contributed by atoms with Gasteiger partial charge in [0.05, 0.1) is 18.4 Å². The fourth-order valence-corrected chi connectivity index (χ4v) is 2.48. The van der Waals surface area contributed by atoms with Gasteiger partial charge in [-0.25, -0.2) is 4.98 Å². The molecule has 5 nitrogen and oxygen atoms in total. The first-order valence-electron chi connectivity index (χ1n) is 6.21. The topological polar surface area (TPSA) is 68.3 Å². The van der Waals surface area contributed by atoms with E-state index in [1.165, 1.54) is 18.9 Å². The van der Waals surface area contributed by atoms with Gasteiger partial charge in [-0.05, 0) is 24.3 Å². The predicted molar refractivity (Wildman–Crippen MR) is 81.4 cm³/mol. The average Bonchev–Trinajstić information content (AvgIpc) is 2.53. The molecule has 0 bridgehead atoms. The van der Waals surface area contributed by atoms with E-state index >= 15 is 0 Å². The maximum absolute atomic E-state index is 12.3. The molecule has 1 heterocycles. The maximum Gasteiger partial charge on any atom is 0.315 e. The fourth-order valence-electron chi connectivity index (χ4n) is 1.60. The van der Waals surface area contributed by atoms with E-state index < -0.39 is 0 Å². The van der Waals surface area contributed by atoms with Gasteiger partial charge in [0.25, 0.3) is 5.91 Å². The number of thioether (sulfide) groups is 1. The summed E-state index contributed by atoms with van der Waals surface area (Å²) in [7, 11) is 1.34. The highest BCUT2D eigenvalue weighted by atomic mass is 32.2. The van der Waals surface area contributed by atoms with Gasteiger partial charge in [0.15, 0.2) is 0 Å². The first-order valence-corrected chi connectivity index (χ1v) is 7.20. The number of benzene rings is 1. The van der Waals surface area contributed by atoms with Crippen molar-refractivity contribution in [2.45, 2.75) is 4.90 Å². The van der Waals surface area contributed by atoms with Crippen LogP contribution in [-0.2, 0) is 9.53 Å². The Bertz CT molecular complexity index is 632. The number of rotatable bonds is 5. The zero-order valence-electron chi connectivity index (χ0n) is 11.4. The standard InChI is InChI=1S/C15H14N2O3S/c1-20-14(18)10-21-12-7-3-2-6-11(12)15(19)17-13-8-4-5-9-16-13/h2-9H,10H2,1H3,(H,16,17,19). The highest BCUT2D eigenvalue weighted by Crippen LogP contribution is 2.23. The normalized spacial score (nSPS) is 9.95. The quantitative estimate of drug-likeness (QED) is 0.679. The molecule has 2 aromatic rings. The third-order valence-corrected chi connectivity index (χ3v) is 3.66. The zero-order chi connectivity index (χ0) is 15.1. The lowest BCUT2D eigenvalue weighted by atomic mass is 10.2. The number of methoxy groups -OCH3 is 1. The van der Waals surface area contributed by atoms with Crippen LogP contribution in [0.2, 0.25) is 0 Å². The molecule has 108 valence electrons. The van der Waals surface area contributed by atoms with Gasteiger partial charge >= 0.3 is 5.97 Å². The smallest absolute Gasteiger partial charge is 0.315 e. The summed E-state index contributed by atoms with van der Waals surface area (Å²) in [5.74, 6) is 0.0431. The largest absolute Gasteiger partial charge is 0.468 e. The number of esters is 1. The van der Waals surface area contributed by atoms with Crippen LogP contribution < -0.4 is 5.32 Å². The molecule has 0 saturated carbocycles. The van der Waals surface area contributed by atoms with E-state index in [0.29, 0.717) is 11.4 Å². The zero-order valence-corrected chi connectivity index (χ0v) is 12.2. The molecule has 1 aromatic heterocycles. The van der Waals surface area contributed by atoms with E-state index in [0.717, 1.165) is 4.90 Å². The number of amides is 1. The van der Waals surface area contributed by atoms with Crippen LogP contribution in [0.1, 0.15) is 10.4 Å². The van der Waals surface area contributed by atoms with Crippen molar-refractivity contribution in [3.63, 3.8) is 0 Å². The van der Waals surface area contributed by atoms with Crippen LogP contribution in [-0.4, -0.2) is 29.7 Å². The molecule has 0 atom stereocenters. The van der Waals surface area contributed by atoms with Crippen molar-refractivity contribution in [3.05, 3.63) is 54.2 Å². The van der Waals surface area contributed by atoms with Gasteiger partial charge in [-0.15, -0.1) is 11.8 Å². The Balaban J connectivity index is 2.11. The molecule has 6 heteroatoms. The Hall–Kier alpha value is -2.34. The van der Waals surface area contributed by atoms with Gasteiger partial charge in [0.2, 0.25) is 0 Å². The Morgan fingerprint density at radius 2 is 1.95 bits per heavy atom. The number of hydrogen-bond acceptors (Lipinski definition) is 5. The van der Waals surface area contributed by atoms with Crippen molar-refractivity contribution in [1.29, 1.82) is 0 Å². The van der Waals surface area contributed by atoms with Gasteiger partial charge in [-0.3, -0.25) is 9.59 Å². The number of aromatic nitrogens is 1. The predicted octanol–water partition coefficient (Wildman–Crippen LogP) is 2.60. The van der Waals surface area contributed by atoms with E-state index in [4.69, 9.17) is 0 Å². The van der Waals surface area contributed by atoms with Crippen molar-refractivity contribution >= 4 is 29.5 Å². The summed E-state index contributed by atoms with van der Waals surface area (Å²) in [6.07, 6.45) is 1.60. The van der Waals surface area contributed by atoms with Crippen molar-refractivity contribution in [1.82, 2.24) is 4.98 Å². The summed E-state index contributed by atoms with van der Waals surface area (Å²) in [4.78, 5) is 28.2. The molecule has 1 amide bonds. The Labute approximate surface area is 126 Å². The second-order valence-corrected chi connectivity index (χ2v) is 5.05. The van der Waals surface area contributed by atoms with Gasteiger partial charge < -0.3 is 10.1 Å². The Morgan fingerprint density at radius 1 is 1.19 bits per heavy atom. The molecule has 0 aliphatic heterocycles. The Kier molecular flexibility index (Phi) is 5.34. The Morgan fingerprint density at radius 3 is 2.67 bits per heavy atom. The maximum atomic E-state index is 12.3. The number of carbonyl (C=O) groups is 2. The second kappa shape index (κ2) is 7.44. The summed E-state index contributed by atoms with van der Waals surface area (Å²) < 4.78 is 4.60. The number of ether oxygens (including phenoxy) is 1. The summed E-state index contributed by atoms with van der Waals surface area (Å²) in [6, 6.07) is 12.4. The summed E-state index contributed by atoms with van der Waals surface area (Å²) in [6.45, 7) is 0. The summed E-state index contributed by atoms with van der Waals surface area (Å²) >= 11 is 1.26. The van der Waals surface area contributed by atoms with Crippen LogP contribution in [0, 0.1) is 0 Å². The fraction of sp³-hybridized carbons (Fsp3) is 0.133. The van der Waals surface area contributed by atoms with Gasteiger partial charge in [-0.2, -0.15) is 0 Å². The first-order chi connectivity index (χ1) is 10.2. The van der Waals surface area contributed by atoms with Crippen LogP contribution in [0.4, 0.5) is 5.82 Å². The lowest BCUT2D eigenvalue weighted by Crippen LogP contribution is -2.14. The molecule has 21 heavy (non-hydrogen) atoms. The minimum Gasteiger partial charge on any atom is -0.468 e. The number of hydrogen-bond donors (Lipinski definition) is 1. The second-order valence-electron chi connectivity index (χ2n) is 4.03. The van der Waals surface area contributed by atoms with E-state index in [2.05, 4.69) is 15.0 Å². The van der Waals surface area contributed by atoms with Crippen molar-refractivity contribution in [2.75, 3.05) is 18.2 Å². The van der Waals surface area contributed by atoms with Gasteiger partial charge in [-0.1, -0.05) is 18.2 Å². The number of nitrogens with one attached hydrogen (secondary N) is 1. The average molecular weight is 302 g/mol. The molecule has 0 aliphatic carbocycles. The number of pyridine rings is 1. The van der Waals surface area contributed by atoms with Gasteiger partial charge in [0.1, 0.15) is 5.82 Å². The molecule has 0 spiro atoms. The summed E-state index contributed by atoms with van der Waals surface area (Å²) in [5.41, 5.74) is 0.497. The molecular formula is C15H14N2O3S. The first kappa shape index (κ1) is 15.1. The lowest BCUT2D eigenvalue weighted by molar-refractivity contribution is -0.137. The van der Waals surface area contributed by atoms with Crippen LogP contribution in [0.5, 0.6) is 0 Å². The lowest BCUT2D eigenvalue weighted by Gasteiger charge is -2.09. The van der Waals surface area contributed by atoms with Crippen LogP contribution >= 0.6 is 11.8 Å². The van der Waals surface area contributed by atoms with E-state index in [9.17, 15) is 9.59 Å². The third kappa shape index (κ3) is 4.32. The molecule has 0 aliphatic rings. The van der Waals surface area contributed by atoms with Crippen LogP contribution in [0.3, 0.4) is 0 Å². The molecule has 2 rings (SSSR count). The van der Waals surface area contributed by atoms with Crippen molar-refractivity contribution in [3.8, 4) is 0 Å². The minimum atomic E-state index is -0.333.